The molecular weight excluding hydrogens is 504 g/mol. The molecule has 5 nitrogen and oxygen atoms in total. The molecule has 1 aromatic heterocycles. The van der Waals surface area contributed by atoms with Gasteiger partial charge in [-0.2, -0.15) is 0 Å². The number of likely N-dealkylation sites (tertiary alicyclic amines) is 1. The van der Waals surface area contributed by atoms with Crippen LogP contribution in [0.3, 0.4) is 0 Å². The first-order valence-electron chi connectivity index (χ1n) is 13.6. The highest BCUT2D eigenvalue weighted by molar-refractivity contribution is 7.13. The van der Waals surface area contributed by atoms with Gasteiger partial charge in [-0.3, -0.25) is 9.88 Å². The van der Waals surface area contributed by atoms with Gasteiger partial charge in [-0.05, 0) is 85.3 Å². The summed E-state index contributed by atoms with van der Waals surface area (Å²) in [6.45, 7) is 9.68. The van der Waals surface area contributed by atoms with Gasteiger partial charge in [0, 0.05) is 29.9 Å². The summed E-state index contributed by atoms with van der Waals surface area (Å²) >= 11 is 1.62. The molecule has 1 fully saturated rings. The van der Waals surface area contributed by atoms with Crippen LogP contribution in [0.25, 0.3) is 21.6 Å². The highest BCUT2D eigenvalue weighted by atomic mass is 32.1. The number of rotatable bonds is 7. The van der Waals surface area contributed by atoms with Gasteiger partial charge in [0.2, 0.25) is 0 Å². The Bertz CT molecular complexity index is 1480. The third-order valence-corrected chi connectivity index (χ3v) is 8.75. The second-order valence-electron chi connectivity index (χ2n) is 10.8. The third-order valence-electron chi connectivity index (χ3n) is 7.92. The molecule has 6 heteroatoms. The maximum absolute atomic E-state index is 10.3. The summed E-state index contributed by atoms with van der Waals surface area (Å²) in [7, 11) is 0. The highest BCUT2D eigenvalue weighted by Gasteiger charge is 2.30. The van der Waals surface area contributed by atoms with E-state index in [1.165, 1.54) is 6.42 Å². The van der Waals surface area contributed by atoms with E-state index in [1.807, 2.05) is 42.0 Å². The van der Waals surface area contributed by atoms with Crippen molar-refractivity contribution in [3.8, 4) is 27.7 Å². The first-order chi connectivity index (χ1) is 19.0. The van der Waals surface area contributed by atoms with Crippen molar-refractivity contribution in [1.29, 1.82) is 0 Å². The maximum Gasteiger partial charge on any atom is 0.150 e. The zero-order valence-corrected chi connectivity index (χ0v) is 23.4. The predicted molar refractivity (Wildman–Crippen MR) is 158 cm³/mol. The van der Waals surface area contributed by atoms with Crippen LogP contribution in [0.2, 0.25) is 0 Å². The number of hydrogen-bond donors (Lipinski definition) is 1. The number of benzene rings is 3. The monoisotopic (exact) mass is 538 g/mol. The molecule has 1 N–H and O–H groups in total. The van der Waals surface area contributed by atoms with E-state index in [0.717, 1.165) is 68.8 Å². The Morgan fingerprint density at radius 2 is 1.95 bits per heavy atom. The minimum Gasteiger partial charge on any atom is -0.508 e. The molecule has 0 amide bonds. The van der Waals surface area contributed by atoms with Crippen molar-refractivity contribution in [3.05, 3.63) is 95.1 Å². The van der Waals surface area contributed by atoms with Crippen LogP contribution in [0.15, 0.2) is 78.4 Å². The van der Waals surface area contributed by atoms with Gasteiger partial charge >= 0.3 is 0 Å². The molecule has 3 unspecified atom stereocenters. The van der Waals surface area contributed by atoms with Crippen LogP contribution in [-0.2, 0) is 0 Å². The Labute approximate surface area is 234 Å². The van der Waals surface area contributed by atoms with E-state index in [-0.39, 0.29) is 11.9 Å². The molecule has 39 heavy (non-hydrogen) atoms. The van der Waals surface area contributed by atoms with Crippen LogP contribution in [0.5, 0.6) is 17.2 Å². The molecule has 0 saturated carbocycles. The van der Waals surface area contributed by atoms with Gasteiger partial charge in [0.05, 0.1) is 10.4 Å². The fourth-order valence-electron chi connectivity index (χ4n) is 5.68. The molecular formula is C33H34N2O3S. The van der Waals surface area contributed by atoms with E-state index in [4.69, 9.17) is 9.47 Å². The molecule has 2 aliphatic heterocycles. The molecule has 200 valence electrons. The van der Waals surface area contributed by atoms with Crippen molar-refractivity contribution in [1.82, 2.24) is 9.88 Å². The van der Waals surface area contributed by atoms with Crippen LogP contribution in [0.1, 0.15) is 50.0 Å². The molecule has 3 heterocycles. The molecule has 0 radical (unpaired) electrons. The SMILES string of the molecule is CC1=C(c2cccc(O)c2)C(c2ccc(OCC(C)N3CCC(C)C3)cc2)Oc2cc(-c3cncs3)ccc21. The van der Waals surface area contributed by atoms with Gasteiger partial charge in [0.1, 0.15) is 30.0 Å². The van der Waals surface area contributed by atoms with E-state index >= 15 is 0 Å². The van der Waals surface area contributed by atoms with Gasteiger partial charge in [-0.25, -0.2) is 0 Å². The lowest BCUT2D eigenvalue weighted by atomic mass is 9.85. The molecule has 4 aromatic rings. The number of allylic oxidation sites excluding steroid dienone is 1. The van der Waals surface area contributed by atoms with E-state index in [9.17, 15) is 5.11 Å². The lowest BCUT2D eigenvalue weighted by molar-refractivity contribution is 0.169. The topological polar surface area (TPSA) is 54.8 Å². The summed E-state index contributed by atoms with van der Waals surface area (Å²) in [6.07, 6.45) is 2.83. The van der Waals surface area contributed by atoms with Crippen LogP contribution in [0.4, 0.5) is 0 Å². The largest absolute Gasteiger partial charge is 0.508 e. The first-order valence-corrected chi connectivity index (χ1v) is 14.5. The summed E-state index contributed by atoms with van der Waals surface area (Å²) < 4.78 is 12.9. The number of nitrogens with zero attached hydrogens (tertiary/aromatic N) is 2. The standard InChI is InChI=1S/C33H34N2O3S/c1-21-13-14-35(18-21)22(2)19-37-28-10-7-24(8-11-28)33-32(26-5-4-6-27(36)15-26)23(3)29-12-9-25(16-30(29)38-33)31-17-34-20-39-31/h4-12,15-17,20-22,33,36H,13-14,18-19H2,1-3H3. The summed E-state index contributed by atoms with van der Waals surface area (Å²) in [6, 6.07) is 22.4. The lowest BCUT2D eigenvalue weighted by Gasteiger charge is -2.31. The fraction of sp³-hybridized carbons (Fsp3) is 0.303. The van der Waals surface area contributed by atoms with Crippen molar-refractivity contribution >= 4 is 22.5 Å². The second kappa shape index (κ2) is 10.9. The van der Waals surface area contributed by atoms with Crippen LogP contribution in [-0.4, -0.2) is 40.7 Å². The summed E-state index contributed by atoms with van der Waals surface area (Å²) in [5, 5.41) is 10.3. The van der Waals surface area contributed by atoms with Crippen LogP contribution >= 0.6 is 11.3 Å². The number of hydrogen-bond acceptors (Lipinski definition) is 6. The van der Waals surface area contributed by atoms with E-state index in [0.29, 0.717) is 12.6 Å². The number of phenols is 1. The van der Waals surface area contributed by atoms with E-state index in [1.54, 1.807) is 17.4 Å². The van der Waals surface area contributed by atoms with E-state index < -0.39 is 0 Å². The number of aromatic nitrogens is 1. The number of ether oxygens (including phenoxy) is 2. The van der Waals surface area contributed by atoms with Gasteiger partial charge < -0.3 is 14.6 Å². The van der Waals surface area contributed by atoms with Crippen molar-refractivity contribution < 1.29 is 14.6 Å². The molecule has 0 spiro atoms. The maximum atomic E-state index is 10.3. The average molecular weight is 539 g/mol. The van der Waals surface area contributed by atoms with Crippen LogP contribution < -0.4 is 9.47 Å². The first kappa shape index (κ1) is 25.7. The number of phenolic OH excluding ortho intramolecular Hbond substituents is 1. The Balaban J connectivity index is 1.30. The Hall–Kier alpha value is -3.61. The van der Waals surface area contributed by atoms with Gasteiger partial charge in [-0.1, -0.05) is 43.3 Å². The molecule has 1 saturated heterocycles. The predicted octanol–water partition coefficient (Wildman–Crippen LogP) is 7.69. The number of fused-ring (bicyclic) bond motifs is 1. The smallest absolute Gasteiger partial charge is 0.150 e. The Morgan fingerprint density at radius 3 is 2.67 bits per heavy atom. The third kappa shape index (κ3) is 5.32. The zero-order valence-electron chi connectivity index (χ0n) is 22.6. The molecule has 0 bridgehead atoms. The minimum absolute atomic E-state index is 0.239. The van der Waals surface area contributed by atoms with Gasteiger partial charge in [0.25, 0.3) is 0 Å². The Kier molecular flexibility index (Phi) is 7.15. The molecule has 3 atom stereocenters. The molecule has 0 aliphatic carbocycles. The Morgan fingerprint density at radius 1 is 1.10 bits per heavy atom. The van der Waals surface area contributed by atoms with Crippen molar-refractivity contribution in [2.24, 2.45) is 5.92 Å². The van der Waals surface area contributed by atoms with Gasteiger partial charge in [0.15, 0.2) is 0 Å². The summed E-state index contributed by atoms with van der Waals surface area (Å²) in [5.41, 5.74) is 8.17. The van der Waals surface area contributed by atoms with E-state index in [2.05, 4.69) is 61.0 Å². The second-order valence-corrected chi connectivity index (χ2v) is 11.7. The number of thiazole rings is 1. The lowest BCUT2D eigenvalue weighted by Crippen LogP contribution is -2.35. The van der Waals surface area contributed by atoms with Crippen molar-refractivity contribution in [2.45, 2.75) is 39.3 Å². The summed E-state index contributed by atoms with van der Waals surface area (Å²) in [4.78, 5) is 7.86. The quantitative estimate of drug-likeness (QED) is 0.261. The highest BCUT2D eigenvalue weighted by Crippen LogP contribution is 2.48. The molecule has 3 aromatic carbocycles. The molecule has 2 aliphatic rings. The minimum atomic E-state index is -0.324. The normalized spacial score (nSPS) is 20.0. The van der Waals surface area contributed by atoms with Crippen molar-refractivity contribution in [2.75, 3.05) is 19.7 Å². The zero-order chi connectivity index (χ0) is 26.9. The fourth-order valence-corrected chi connectivity index (χ4v) is 6.30. The summed E-state index contributed by atoms with van der Waals surface area (Å²) in [5.74, 6) is 2.72. The van der Waals surface area contributed by atoms with Crippen LogP contribution in [0, 0.1) is 5.92 Å². The van der Waals surface area contributed by atoms with Gasteiger partial charge in [-0.15, -0.1) is 11.3 Å². The average Bonchev–Trinajstić information content (AvgIpc) is 3.64. The number of aromatic hydroxyl groups is 1. The molecule has 6 rings (SSSR count). The van der Waals surface area contributed by atoms with Crippen molar-refractivity contribution in [3.63, 3.8) is 0 Å².